The quantitative estimate of drug-likeness (QED) is 0.601. The SMILES string of the molecule is CC(C)(O)c1cnn2c(-c3cccc(-c4ncc(F)cc4F)c3)cnc2n1. The fraction of sp³-hybridized carbons (Fsp3) is 0.158. The summed E-state index contributed by atoms with van der Waals surface area (Å²) in [6.07, 6.45) is 4.04. The van der Waals surface area contributed by atoms with E-state index in [4.69, 9.17) is 0 Å². The van der Waals surface area contributed by atoms with Crippen molar-refractivity contribution in [1.82, 2.24) is 24.6 Å². The normalized spacial score (nSPS) is 11.9. The van der Waals surface area contributed by atoms with Gasteiger partial charge in [0.1, 0.15) is 17.1 Å². The maximum atomic E-state index is 14.1. The van der Waals surface area contributed by atoms with Crippen molar-refractivity contribution >= 4 is 5.78 Å². The lowest BCUT2D eigenvalue weighted by Crippen LogP contribution is -2.19. The topological polar surface area (TPSA) is 76.2 Å². The molecule has 1 N–H and O–H groups in total. The van der Waals surface area contributed by atoms with Gasteiger partial charge in [-0.05, 0) is 19.9 Å². The number of imidazole rings is 1. The van der Waals surface area contributed by atoms with Crippen LogP contribution in [0.25, 0.3) is 28.3 Å². The first-order valence-corrected chi connectivity index (χ1v) is 8.18. The van der Waals surface area contributed by atoms with Crippen LogP contribution in [0.5, 0.6) is 0 Å². The van der Waals surface area contributed by atoms with Gasteiger partial charge in [-0.3, -0.25) is 4.98 Å². The predicted octanol–water partition coefficient (Wildman–Crippen LogP) is 3.36. The molecular weight excluding hydrogens is 352 g/mol. The van der Waals surface area contributed by atoms with Crippen LogP contribution in [0.15, 0.2) is 48.9 Å². The van der Waals surface area contributed by atoms with Gasteiger partial charge in [-0.1, -0.05) is 18.2 Å². The molecule has 0 bridgehead atoms. The molecule has 0 aliphatic rings. The zero-order chi connectivity index (χ0) is 19.2. The summed E-state index contributed by atoms with van der Waals surface area (Å²) >= 11 is 0. The minimum atomic E-state index is -1.13. The number of nitrogens with zero attached hydrogens (tertiary/aromatic N) is 5. The zero-order valence-electron chi connectivity index (χ0n) is 14.6. The Hall–Kier alpha value is -3.26. The average Bonchev–Trinajstić information content (AvgIpc) is 3.04. The third kappa shape index (κ3) is 3.15. The molecule has 3 aromatic heterocycles. The highest BCUT2D eigenvalue weighted by atomic mass is 19.1. The molecule has 27 heavy (non-hydrogen) atoms. The van der Waals surface area contributed by atoms with Gasteiger partial charge in [0.25, 0.3) is 5.78 Å². The van der Waals surface area contributed by atoms with E-state index in [2.05, 4.69) is 20.1 Å². The maximum Gasteiger partial charge on any atom is 0.251 e. The monoisotopic (exact) mass is 367 g/mol. The molecule has 0 atom stereocenters. The van der Waals surface area contributed by atoms with Crippen molar-refractivity contribution < 1.29 is 13.9 Å². The standard InChI is InChI=1S/C19H15F2N5O/c1-19(2,27)16-10-24-26-15(9-23-18(26)25-16)11-4-3-5-12(6-11)17-14(21)7-13(20)8-22-17/h3-10,27H,1-2H3. The number of hydrogen-bond acceptors (Lipinski definition) is 5. The van der Waals surface area contributed by atoms with Gasteiger partial charge >= 0.3 is 0 Å². The summed E-state index contributed by atoms with van der Waals surface area (Å²) in [5, 5.41) is 14.4. The number of rotatable bonds is 3. The highest BCUT2D eigenvalue weighted by Gasteiger charge is 2.20. The Morgan fingerprint density at radius 3 is 2.52 bits per heavy atom. The molecule has 1 aromatic carbocycles. The number of aromatic nitrogens is 5. The number of fused-ring (bicyclic) bond motifs is 1. The summed E-state index contributed by atoms with van der Waals surface area (Å²) in [6.45, 7) is 3.23. The molecule has 0 spiro atoms. The Kier molecular flexibility index (Phi) is 3.92. The summed E-state index contributed by atoms with van der Waals surface area (Å²) in [5.74, 6) is -1.13. The second-order valence-electron chi connectivity index (χ2n) is 6.62. The molecule has 0 radical (unpaired) electrons. The van der Waals surface area contributed by atoms with Gasteiger partial charge < -0.3 is 5.11 Å². The lowest BCUT2D eigenvalue weighted by atomic mass is 10.1. The van der Waals surface area contributed by atoms with Gasteiger partial charge in [0, 0.05) is 17.2 Å². The van der Waals surface area contributed by atoms with E-state index >= 15 is 0 Å². The largest absolute Gasteiger partial charge is 0.384 e. The highest BCUT2D eigenvalue weighted by molar-refractivity contribution is 5.70. The van der Waals surface area contributed by atoms with Gasteiger partial charge in [-0.15, -0.1) is 0 Å². The molecule has 3 heterocycles. The van der Waals surface area contributed by atoms with E-state index in [1.807, 2.05) is 6.07 Å². The molecule has 0 aliphatic heterocycles. The molecule has 0 amide bonds. The summed E-state index contributed by atoms with van der Waals surface area (Å²) in [4.78, 5) is 12.4. The van der Waals surface area contributed by atoms with Crippen molar-refractivity contribution in [3.8, 4) is 22.5 Å². The number of hydrogen-bond donors (Lipinski definition) is 1. The number of benzene rings is 1. The minimum Gasteiger partial charge on any atom is -0.384 e. The maximum absolute atomic E-state index is 14.1. The van der Waals surface area contributed by atoms with Crippen LogP contribution in [-0.2, 0) is 5.60 Å². The Labute approximate surface area is 153 Å². The summed E-state index contributed by atoms with van der Waals surface area (Å²) in [5.41, 5.74) is 1.19. The first-order chi connectivity index (χ1) is 12.8. The fourth-order valence-electron chi connectivity index (χ4n) is 2.72. The lowest BCUT2D eigenvalue weighted by Gasteiger charge is -2.15. The van der Waals surface area contributed by atoms with Crippen LogP contribution in [0.4, 0.5) is 8.78 Å². The second-order valence-corrected chi connectivity index (χ2v) is 6.62. The summed E-state index contributed by atoms with van der Waals surface area (Å²) < 4.78 is 28.7. The Morgan fingerprint density at radius 2 is 1.78 bits per heavy atom. The predicted molar refractivity (Wildman–Crippen MR) is 94.6 cm³/mol. The van der Waals surface area contributed by atoms with Gasteiger partial charge in [0.2, 0.25) is 0 Å². The van der Waals surface area contributed by atoms with E-state index in [-0.39, 0.29) is 5.69 Å². The Morgan fingerprint density at radius 1 is 1.00 bits per heavy atom. The first kappa shape index (κ1) is 17.2. The lowest BCUT2D eigenvalue weighted by molar-refractivity contribution is 0.0734. The van der Waals surface area contributed by atoms with Crippen molar-refractivity contribution in [2.45, 2.75) is 19.4 Å². The third-order valence-electron chi connectivity index (χ3n) is 4.10. The molecule has 136 valence electrons. The Bertz CT molecular complexity index is 1150. The Balaban J connectivity index is 1.80. The van der Waals surface area contributed by atoms with Crippen LogP contribution in [0, 0.1) is 11.6 Å². The molecule has 4 rings (SSSR count). The van der Waals surface area contributed by atoms with E-state index < -0.39 is 17.2 Å². The van der Waals surface area contributed by atoms with Gasteiger partial charge in [-0.2, -0.15) is 9.61 Å². The molecule has 4 aromatic rings. The average molecular weight is 367 g/mol. The number of pyridine rings is 1. The van der Waals surface area contributed by atoms with Crippen LogP contribution in [0.2, 0.25) is 0 Å². The van der Waals surface area contributed by atoms with E-state index in [1.165, 1.54) is 10.7 Å². The van der Waals surface area contributed by atoms with E-state index in [9.17, 15) is 13.9 Å². The van der Waals surface area contributed by atoms with E-state index in [0.29, 0.717) is 22.7 Å². The summed E-state index contributed by atoms with van der Waals surface area (Å²) in [6, 6.07) is 7.77. The smallest absolute Gasteiger partial charge is 0.251 e. The van der Waals surface area contributed by atoms with Crippen molar-refractivity contribution in [2.24, 2.45) is 0 Å². The van der Waals surface area contributed by atoms with Crippen LogP contribution < -0.4 is 0 Å². The first-order valence-electron chi connectivity index (χ1n) is 8.18. The third-order valence-corrected chi connectivity index (χ3v) is 4.10. The van der Waals surface area contributed by atoms with Gasteiger partial charge in [0.05, 0.1) is 30.0 Å². The van der Waals surface area contributed by atoms with Gasteiger partial charge in [0.15, 0.2) is 5.82 Å². The molecule has 0 fully saturated rings. The minimum absolute atomic E-state index is 0.0578. The van der Waals surface area contributed by atoms with Crippen LogP contribution >= 0.6 is 0 Å². The molecular formula is C19H15F2N5O. The fourth-order valence-corrected chi connectivity index (χ4v) is 2.72. The highest BCUT2D eigenvalue weighted by Crippen LogP contribution is 2.27. The zero-order valence-corrected chi connectivity index (χ0v) is 14.6. The van der Waals surface area contributed by atoms with Crippen molar-refractivity contribution in [3.05, 3.63) is 66.3 Å². The van der Waals surface area contributed by atoms with Crippen molar-refractivity contribution in [2.75, 3.05) is 0 Å². The number of halogens is 2. The molecule has 0 saturated heterocycles. The van der Waals surface area contributed by atoms with Crippen molar-refractivity contribution in [1.29, 1.82) is 0 Å². The molecule has 8 heteroatoms. The van der Waals surface area contributed by atoms with Crippen LogP contribution in [0.3, 0.4) is 0 Å². The van der Waals surface area contributed by atoms with Crippen molar-refractivity contribution in [3.63, 3.8) is 0 Å². The molecule has 0 aliphatic carbocycles. The van der Waals surface area contributed by atoms with Crippen LogP contribution in [0.1, 0.15) is 19.5 Å². The molecule has 6 nitrogen and oxygen atoms in total. The van der Waals surface area contributed by atoms with Gasteiger partial charge in [-0.25, -0.2) is 18.7 Å². The molecule has 0 unspecified atom stereocenters. The van der Waals surface area contributed by atoms with Crippen LogP contribution in [-0.4, -0.2) is 29.7 Å². The summed E-state index contributed by atoms with van der Waals surface area (Å²) in [7, 11) is 0. The second kappa shape index (κ2) is 6.17. The molecule has 0 saturated carbocycles. The van der Waals surface area contributed by atoms with E-state index in [1.54, 1.807) is 38.2 Å². The van der Waals surface area contributed by atoms with E-state index in [0.717, 1.165) is 17.8 Å². The number of aliphatic hydroxyl groups is 1.